The van der Waals surface area contributed by atoms with Crippen molar-refractivity contribution in [2.24, 2.45) is 0 Å². The van der Waals surface area contributed by atoms with E-state index in [-0.39, 0.29) is 22.3 Å². The zero-order chi connectivity index (χ0) is 15.3. The van der Waals surface area contributed by atoms with Crippen molar-refractivity contribution in [3.8, 4) is 11.8 Å². The Balaban J connectivity index is 2.07. The number of hydrogen-bond donors (Lipinski definition) is 0. The molecule has 2 rings (SSSR count). The van der Waals surface area contributed by atoms with Gasteiger partial charge in [0.05, 0.1) is 21.2 Å². The first kappa shape index (κ1) is 15.4. The first-order chi connectivity index (χ1) is 10.0. The fourth-order valence-corrected chi connectivity index (χ4v) is 3.42. The fourth-order valence-electron chi connectivity index (χ4n) is 1.75. The summed E-state index contributed by atoms with van der Waals surface area (Å²) in [5.41, 5.74) is 0.368. The van der Waals surface area contributed by atoms with Crippen molar-refractivity contribution in [3.63, 3.8) is 0 Å². The summed E-state index contributed by atoms with van der Waals surface area (Å²) >= 11 is 5.89. The molecule has 0 aliphatic heterocycles. The van der Waals surface area contributed by atoms with Gasteiger partial charge in [0.1, 0.15) is 18.4 Å². The van der Waals surface area contributed by atoms with Gasteiger partial charge in [-0.15, -0.1) is 0 Å². The van der Waals surface area contributed by atoms with Gasteiger partial charge in [-0.05, 0) is 24.3 Å². The molecule has 0 atom stereocenters. The third-order valence-corrected chi connectivity index (χ3v) is 4.96. The first-order valence-corrected chi connectivity index (χ1v) is 8.17. The molecule has 2 aromatic carbocycles. The van der Waals surface area contributed by atoms with Gasteiger partial charge in [-0.2, -0.15) is 5.26 Å². The van der Waals surface area contributed by atoms with Crippen molar-refractivity contribution in [1.29, 1.82) is 5.26 Å². The molecule has 0 amide bonds. The molecule has 0 spiro atoms. The Labute approximate surface area is 128 Å². The van der Waals surface area contributed by atoms with Crippen molar-refractivity contribution in [3.05, 3.63) is 59.1 Å². The highest BCUT2D eigenvalue weighted by atomic mass is 35.5. The van der Waals surface area contributed by atoms with E-state index in [1.54, 1.807) is 36.4 Å². The lowest BCUT2D eigenvalue weighted by atomic mass is 10.2. The molecule has 4 nitrogen and oxygen atoms in total. The van der Waals surface area contributed by atoms with Crippen LogP contribution < -0.4 is 4.74 Å². The summed E-state index contributed by atoms with van der Waals surface area (Å²) in [6.45, 7) is -0.0494. The van der Waals surface area contributed by atoms with E-state index >= 15 is 0 Å². The van der Waals surface area contributed by atoms with Crippen LogP contribution in [0.2, 0.25) is 5.02 Å². The minimum atomic E-state index is -3.52. The molecule has 0 saturated heterocycles. The Morgan fingerprint density at radius 2 is 1.76 bits per heavy atom. The van der Waals surface area contributed by atoms with E-state index in [4.69, 9.17) is 21.6 Å². The Bertz CT molecular complexity index is 782. The number of sulfone groups is 1. The average Bonchev–Trinajstić information content (AvgIpc) is 2.48. The quantitative estimate of drug-likeness (QED) is 0.848. The number of nitriles is 1. The molecule has 108 valence electrons. The maximum Gasteiger partial charge on any atom is 0.183 e. The average molecular weight is 322 g/mol. The number of para-hydroxylation sites is 1. The maximum absolute atomic E-state index is 12.2. The van der Waals surface area contributed by atoms with Crippen LogP contribution in [-0.2, 0) is 9.84 Å². The van der Waals surface area contributed by atoms with E-state index in [9.17, 15) is 8.42 Å². The van der Waals surface area contributed by atoms with Crippen molar-refractivity contribution in [2.75, 3.05) is 12.4 Å². The SMILES string of the molecule is N#Cc1ccccc1OCCS(=O)(=O)c1ccccc1Cl. The molecule has 0 saturated carbocycles. The molecule has 0 heterocycles. The van der Waals surface area contributed by atoms with Crippen molar-refractivity contribution < 1.29 is 13.2 Å². The summed E-state index contributed by atoms with van der Waals surface area (Å²) < 4.78 is 29.7. The number of nitrogens with zero attached hydrogens (tertiary/aromatic N) is 1. The molecule has 2 aromatic rings. The lowest BCUT2D eigenvalue weighted by Gasteiger charge is -2.09. The predicted octanol–water partition coefficient (Wildman–Crippen LogP) is 3.06. The molecule has 0 radical (unpaired) electrons. The van der Waals surface area contributed by atoms with Gasteiger partial charge in [0.2, 0.25) is 0 Å². The smallest absolute Gasteiger partial charge is 0.183 e. The van der Waals surface area contributed by atoms with Crippen LogP contribution in [0, 0.1) is 11.3 Å². The third kappa shape index (κ3) is 3.75. The van der Waals surface area contributed by atoms with E-state index in [0.717, 1.165) is 0 Å². The largest absolute Gasteiger partial charge is 0.491 e. The lowest BCUT2D eigenvalue weighted by Crippen LogP contribution is -2.15. The lowest BCUT2D eigenvalue weighted by molar-refractivity contribution is 0.340. The van der Waals surface area contributed by atoms with Crippen LogP contribution in [0.5, 0.6) is 5.75 Å². The van der Waals surface area contributed by atoms with Crippen LogP contribution in [0.4, 0.5) is 0 Å². The summed E-state index contributed by atoms with van der Waals surface area (Å²) in [7, 11) is -3.52. The molecular formula is C15H12ClNO3S. The van der Waals surface area contributed by atoms with Gasteiger partial charge in [0.25, 0.3) is 0 Å². The van der Waals surface area contributed by atoms with E-state index in [0.29, 0.717) is 11.3 Å². The molecule has 0 unspecified atom stereocenters. The molecule has 0 bridgehead atoms. The minimum absolute atomic E-state index is 0.0494. The van der Waals surface area contributed by atoms with Crippen LogP contribution in [0.15, 0.2) is 53.4 Å². The Morgan fingerprint density at radius 3 is 2.48 bits per heavy atom. The minimum Gasteiger partial charge on any atom is -0.491 e. The Hall–Kier alpha value is -2.03. The molecular weight excluding hydrogens is 310 g/mol. The highest BCUT2D eigenvalue weighted by Crippen LogP contribution is 2.22. The van der Waals surface area contributed by atoms with Gasteiger partial charge in [-0.3, -0.25) is 0 Å². The molecule has 0 N–H and O–H groups in total. The number of halogens is 1. The summed E-state index contributed by atoms with van der Waals surface area (Å²) in [4.78, 5) is 0.0869. The summed E-state index contributed by atoms with van der Waals surface area (Å²) in [6.07, 6.45) is 0. The normalized spacial score (nSPS) is 10.9. The van der Waals surface area contributed by atoms with Crippen LogP contribution in [0.1, 0.15) is 5.56 Å². The van der Waals surface area contributed by atoms with Gasteiger partial charge < -0.3 is 4.74 Å². The van der Waals surface area contributed by atoms with Crippen LogP contribution in [0.25, 0.3) is 0 Å². The maximum atomic E-state index is 12.2. The van der Waals surface area contributed by atoms with Gasteiger partial charge >= 0.3 is 0 Å². The number of hydrogen-bond acceptors (Lipinski definition) is 4. The molecule has 0 fully saturated rings. The van der Waals surface area contributed by atoms with Gasteiger partial charge in [-0.25, -0.2) is 8.42 Å². The molecule has 21 heavy (non-hydrogen) atoms. The monoisotopic (exact) mass is 321 g/mol. The Morgan fingerprint density at radius 1 is 1.10 bits per heavy atom. The summed E-state index contributed by atoms with van der Waals surface area (Å²) in [6, 6.07) is 14.9. The number of rotatable bonds is 5. The van der Waals surface area contributed by atoms with Gasteiger partial charge in [-0.1, -0.05) is 35.9 Å². The zero-order valence-corrected chi connectivity index (χ0v) is 12.6. The van der Waals surface area contributed by atoms with E-state index < -0.39 is 9.84 Å². The second kappa shape index (κ2) is 6.61. The zero-order valence-electron chi connectivity index (χ0n) is 11.0. The van der Waals surface area contributed by atoms with E-state index in [2.05, 4.69) is 0 Å². The number of ether oxygens (including phenoxy) is 1. The van der Waals surface area contributed by atoms with E-state index in [1.165, 1.54) is 12.1 Å². The molecule has 0 aromatic heterocycles. The second-order valence-electron chi connectivity index (χ2n) is 4.21. The highest BCUT2D eigenvalue weighted by molar-refractivity contribution is 7.91. The predicted molar refractivity (Wildman–Crippen MR) is 80.2 cm³/mol. The summed E-state index contributed by atoms with van der Waals surface area (Å²) in [5.74, 6) is 0.158. The van der Waals surface area contributed by atoms with Crippen LogP contribution in [0.3, 0.4) is 0 Å². The Kier molecular flexibility index (Phi) is 4.84. The summed E-state index contributed by atoms with van der Waals surface area (Å²) in [5, 5.41) is 9.12. The van der Waals surface area contributed by atoms with Crippen LogP contribution >= 0.6 is 11.6 Å². The van der Waals surface area contributed by atoms with Crippen LogP contribution in [-0.4, -0.2) is 20.8 Å². The highest BCUT2D eigenvalue weighted by Gasteiger charge is 2.17. The molecule has 6 heteroatoms. The second-order valence-corrected chi connectivity index (χ2v) is 6.69. The fraction of sp³-hybridized carbons (Fsp3) is 0.133. The third-order valence-electron chi connectivity index (χ3n) is 2.79. The van der Waals surface area contributed by atoms with Gasteiger partial charge in [0.15, 0.2) is 9.84 Å². The molecule has 0 aliphatic rings. The van der Waals surface area contributed by atoms with Crippen molar-refractivity contribution in [1.82, 2.24) is 0 Å². The topological polar surface area (TPSA) is 67.2 Å². The van der Waals surface area contributed by atoms with Crippen molar-refractivity contribution in [2.45, 2.75) is 4.90 Å². The van der Waals surface area contributed by atoms with Crippen molar-refractivity contribution >= 4 is 21.4 Å². The standard InChI is InChI=1S/C15H12ClNO3S/c16-13-6-2-4-8-15(13)21(18,19)10-9-20-14-7-3-1-5-12(14)11-17/h1-8H,9-10H2. The molecule has 0 aliphatic carbocycles. The van der Waals surface area contributed by atoms with E-state index in [1.807, 2.05) is 6.07 Å². The van der Waals surface area contributed by atoms with Gasteiger partial charge in [0, 0.05) is 0 Å². The first-order valence-electron chi connectivity index (χ1n) is 6.14. The number of benzene rings is 2.